The molecule has 0 unspecified atom stereocenters. The molecule has 5 nitrogen and oxygen atoms in total. The number of hydrogen-bond acceptors (Lipinski definition) is 5. The number of carbonyl (C=O) groups excluding carboxylic acids is 1. The van der Waals surface area contributed by atoms with Crippen LogP contribution in [0.15, 0.2) is 30.5 Å². The third-order valence-corrected chi connectivity index (χ3v) is 4.02. The van der Waals surface area contributed by atoms with E-state index in [-0.39, 0.29) is 5.97 Å². The Morgan fingerprint density at radius 1 is 1.40 bits per heavy atom. The molecule has 0 N–H and O–H groups in total. The number of nitrogens with zero attached hydrogens (tertiary/aromatic N) is 2. The first-order valence-electron chi connectivity index (χ1n) is 8.42. The molecule has 1 aliphatic heterocycles. The molecule has 6 heteroatoms. The molecule has 0 aliphatic carbocycles. The first-order chi connectivity index (χ1) is 11.9. The van der Waals surface area contributed by atoms with Gasteiger partial charge in [-0.1, -0.05) is 0 Å². The molecular weight excluding hydrogens is 323 g/mol. The largest absolute Gasteiger partial charge is 0.456 e. The van der Waals surface area contributed by atoms with Crippen LogP contribution >= 0.6 is 0 Å². The van der Waals surface area contributed by atoms with Crippen molar-refractivity contribution < 1.29 is 18.7 Å². The molecule has 25 heavy (non-hydrogen) atoms. The molecule has 0 bridgehead atoms. The van der Waals surface area contributed by atoms with Gasteiger partial charge in [-0.3, -0.25) is 4.98 Å². The Bertz CT molecular complexity index is 773. The number of rotatable bonds is 3. The number of hydrogen-bond donors (Lipinski definition) is 0. The molecule has 1 saturated heterocycles. The maximum Gasteiger partial charge on any atom is 0.339 e. The Morgan fingerprint density at radius 2 is 2.20 bits per heavy atom. The molecule has 1 aromatic carbocycles. The second-order valence-corrected chi connectivity index (χ2v) is 7.15. The van der Waals surface area contributed by atoms with Gasteiger partial charge >= 0.3 is 5.97 Å². The number of pyridine rings is 1. The first-order valence-corrected chi connectivity index (χ1v) is 8.42. The minimum Gasteiger partial charge on any atom is -0.456 e. The van der Waals surface area contributed by atoms with Crippen LogP contribution in [0.2, 0.25) is 0 Å². The van der Waals surface area contributed by atoms with Crippen LogP contribution in [-0.4, -0.2) is 49.0 Å². The Balaban J connectivity index is 1.96. The van der Waals surface area contributed by atoms with Crippen LogP contribution in [0, 0.1) is 0 Å². The Labute approximate surface area is 146 Å². The van der Waals surface area contributed by atoms with E-state index in [4.69, 9.17) is 9.47 Å². The monoisotopic (exact) mass is 346 g/mol. The quantitative estimate of drug-likeness (QED) is 0.798. The number of ether oxygens (including phenoxy) is 2. The van der Waals surface area contributed by atoms with Crippen LogP contribution in [0.25, 0.3) is 10.9 Å². The fourth-order valence-corrected chi connectivity index (χ4v) is 2.89. The SMILES string of the molecule is CC(C)(C)OC(=O)c1ccnc2ccc(N3CCO[C@@H](CF)C3)cc12. The van der Waals surface area contributed by atoms with Gasteiger partial charge in [-0.15, -0.1) is 0 Å². The summed E-state index contributed by atoms with van der Waals surface area (Å²) in [5.41, 5.74) is 1.56. The molecule has 0 amide bonds. The first kappa shape index (κ1) is 17.6. The second kappa shape index (κ2) is 6.96. The number of esters is 1. The minimum atomic E-state index is -0.567. The topological polar surface area (TPSA) is 51.7 Å². The van der Waals surface area contributed by atoms with Crippen molar-refractivity contribution in [3.05, 3.63) is 36.0 Å². The van der Waals surface area contributed by atoms with Gasteiger partial charge in [-0.05, 0) is 45.0 Å². The average molecular weight is 346 g/mol. The van der Waals surface area contributed by atoms with Crippen molar-refractivity contribution in [2.24, 2.45) is 0 Å². The van der Waals surface area contributed by atoms with Gasteiger partial charge in [0.1, 0.15) is 18.4 Å². The molecule has 0 radical (unpaired) electrons. The lowest BCUT2D eigenvalue weighted by Crippen LogP contribution is -2.43. The van der Waals surface area contributed by atoms with Gasteiger partial charge < -0.3 is 14.4 Å². The van der Waals surface area contributed by atoms with Crippen molar-refractivity contribution in [2.75, 3.05) is 31.3 Å². The standard InChI is InChI=1S/C19H23FN2O3/c1-19(2,3)25-18(23)15-6-7-21-17-5-4-13(10-16(15)17)22-8-9-24-14(11-20)12-22/h4-7,10,14H,8-9,11-12H2,1-3H3/t14-/m0/s1. The molecule has 1 fully saturated rings. The van der Waals surface area contributed by atoms with Crippen LogP contribution in [0.3, 0.4) is 0 Å². The van der Waals surface area contributed by atoms with E-state index in [1.807, 2.05) is 39.0 Å². The van der Waals surface area contributed by atoms with Crippen LogP contribution < -0.4 is 4.90 Å². The van der Waals surface area contributed by atoms with Gasteiger partial charge in [0.2, 0.25) is 0 Å². The number of aromatic nitrogens is 1. The third kappa shape index (κ3) is 4.07. The summed E-state index contributed by atoms with van der Waals surface area (Å²) in [6, 6.07) is 7.40. The van der Waals surface area contributed by atoms with Gasteiger partial charge in [0, 0.05) is 30.4 Å². The molecule has 3 rings (SSSR count). The highest BCUT2D eigenvalue weighted by molar-refractivity contribution is 6.04. The predicted molar refractivity (Wildman–Crippen MR) is 94.8 cm³/mol. The molecule has 1 aliphatic rings. The number of anilines is 1. The fraction of sp³-hybridized carbons (Fsp3) is 0.474. The van der Waals surface area contributed by atoms with Crippen molar-refractivity contribution in [2.45, 2.75) is 32.5 Å². The molecule has 0 saturated carbocycles. The summed E-state index contributed by atoms with van der Waals surface area (Å²) in [6.45, 7) is 6.67. The average Bonchev–Trinajstić information content (AvgIpc) is 2.59. The van der Waals surface area contributed by atoms with E-state index in [1.165, 1.54) is 0 Å². The highest BCUT2D eigenvalue weighted by Crippen LogP contribution is 2.26. The van der Waals surface area contributed by atoms with E-state index >= 15 is 0 Å². The fourth-order valence-electron chi connectivity index (χ4n) is 2.89. The summed E-state index contributed by atoms with van der Waals surface area (Å²) in [5, 5.41) is 0.734. The number of carbonyl (C=O) groups is 1. The number of fused-ring (bicyclic) bond motifs is 1. The summed E-state index contributed by atoms with van der Waals surface area (Å²) in [5.74, 6) is -0.374. The molecule has 2 heterocycles. The van der Waals surface area contributed by atoms with E-state index in [0.29, 0.717) is 25.3 Å². The Kier molecular flexibility index (Phi) is 4.90. The van der Waals surface area contributed by atoms with Gasteiger partial charge in [0.05, 0.1) is 17.7 Å². The lowest BCUT2D eigenvalue weighted by atomic mass is 10.1. The highest BCUT2D eigenvalue weighted by Gasteiger charge is 2.23. The zero-order chi connectivity index (χ0) is 18.0. The Morgan fingerprint density at radius 3 is 2.92 bits per heavy atom. The second-order valence-electron chi connectivity index (χ2n) is 7.15. The maximum absolute atomic E-state index is 12.9. The van der Waals surface area contributed by atoms with E-state index in [2.05, 4.69) is 9.88 Å². The third-order valence-electron chi connectivity index (χ3n) is 4.02. The van der Waals surface area contributed by atoms with Crippen molar-refractivity contribution in [3.8, 4) is 0 Å². The summed E-state index contributed by atoms with van der Waals surface area (Å²) < 4.78 is 23.8. The lowest BCUT2D eigenvalue weighted by Gasteiger charge is -2.33. The summed E-state index contributed by atoms with van der Waals surface area (Å²) in [7, 11) is 0. The van der Waals surface area contributed by atoms with E-state index in [0.717, 1.165) is 16.6 Å². The normalized spacial score (nSPS) is 18.4. The summed E-state index contributed by atoms with van der Waals surface area (Å²) >= 11 is 0. The Hall–Kier alpha value is -2.21. The maximum atomic E-state index is 12.9. The van der Waals surface area contributed by atoms with Crippen molar-refractivity contribution >= 4 is 22.6 Å². The van der Waals surface area contributed by atoms with Crippen molar-refractivity contribution in [1.82, 2.24) is 4.98 Å². The number of benzene rings is 1. The predicted octanol–water partition coefficient (Wildman–Crippen LogP) is 3.36. The summed E-state index contributed by atoms with van der Waals surface area (Å²) in [4.78, 5) is 18.9. The molecule has 0 spiro atoms. The van der Waals surface area contributed by atoms with Gasteiger partial charge in [0.25, 0.3) is 0 Å². The number of morpholine rings is 1. The smallest absolute Gasteiger partial charge is 0.339 e. The molecule has 1 aromatic heterocycles. The molecule has 1 atom stereocenters. The van der Waals surface area contributed by atoms with E-state index < -0.39 is 18.4 Å². The van der Waals surface area contributed by atoms with Crippen LogP contribution in [0.1, 0.15) is 31.1 Å². The number of halogens is 1. The van der Waals surface area contributed by atoms with E-state index in [1.54, 1.807) is 12.3 Å². The molecule has 2 aromatic rings. The van der Waals surface area contributed by atoms with Crippen LogP contribution in [0.5, 0.6) is 0 Å². The van der Waals surface area contributed by atoms with Gasteiger partial charge in [-0.2, -0.15) is 0 Å². The van der Waals surface area contributed by atoms with E-state index in [9.17, 15) is 9.18 Å². The highest BCUT2D eigenvalue weighted by atomic mass is 19.1. The molecule has 134 valence electrons. The minimum absolute atomic E-state index is 0.374. The summed E-state index contributed by atoms with van der Waals surface area (Å²) in [6.07, 6.45) is 1.19. The molecular formula is C19H23FN2O3. The van der Waals surface area contributed by atoms with Gasteiger partial charge in [0.15, 0.2) is 0 Å². The van der Waals surface area contributed by atoms with Gasteiger partial charge in [-0.25, -0.2) is 9.18 Å². The lowest BCUT2D eigenvalue weighted by molar-refractivity contribution is 0.00717. The van der Waals surface area contributed by atoms with Crippen LogP contribution in [-0.2, 0) is 9.47 Å². The zero-order valence-corrected chi connectivity index (χ0v) is 14.8. The zero-order valence-electron chi connectivity index (χ0n) is 14.8. The number of alkyl halides is 1. The van der Waals surface area contributed by atoms with Crippen LogP contribution in [0.4, 0.5) is 10.1 Å². The van der Waals surface area contributed by atoms with Crippen molar-refractivity contribution in [1.29, 1.82) is 0 Å². The van der Waals surface area contributed by atoms with Crippen molar-refractivity contribution in [3.63, 3.8) is 0 Å².